The van der Waals surface area contributed by atoms with Crippen molar-refractivity contribution in [2.75, 3.05) is 12.3 Å². The summed E-state index contributed by atoms with van der Waals surface area (Å²) in [6.45, 7) is 9.59. The normalized spacial score (nSPS) is 11.6. The highest BCUT2D eigenvalue weighted by Gasteiger charge is 2.18. The molecule has 0 aliphatic rings. The van der Waals surface area contributed by atoms with Crippen LogP contribution >= 0.6 is 0 Å². The van der Waals surface area contributed by atoms with E-state index in [2.05, 4.69) is 33.8 Å². The molecule has 1 aromatic carbocycles. The van der Waals surface area contributed by atoms with Gasteiger partial charge in [-0.2, -0.15) is 0 Å². The van der Waals surface area contributed by atoms with E-state index in [1.165, 1.54) is 24.8 Å². The molecule has 0 atom stereocenters. The molecule has 0 saturated heterocycles. The average molecular weight is 249 g/mol. The van der Waals surface area contributed by atoms with Gasteiger partial charge in [0.15, 0.2) is 0 Å². The summed E-state index contributed by atoms with van der Waals surface area (Å²) in [6, 6.07) is 5.97. The Labute approximate surface area is 112 Å². The van der Waals surface area contributed by atoms with E-state index in [1.54, 1.807) is 0 Å². The second-order valence-electron chi connectivity index (χ2n) is 5.91. The van der Waals surface area contributed by atoms with Crippen molar-refractivity contribution in [3.8, 4) is 5.75 Å². The Hall–Kier alpha value is -1.18. The van der Waals surface area contributed by atoms with Crippen LogP contribution in [0.5, 0.6) is 5.75 Å². The number of nitrogens with two attached hydrogens (primary N) is 1. The lowest BCUT2D eigenvalue weighted by molar-refractivity contribution is 0.297. The van der Waals surface area contributed by atoms with E-state index in [1.807, 2.05) is 12.1 Å². The van der Waals surface area contributed by atoms with Gasteiger partial charge in [-0.05, 0) is 23.5 Å². The minimum atomic E-state index is 0.0897. The van der Waals surface area contributed by atoms with E-state index in [0.29, 0.717) is 0 Å². The lowest BCUT2D eigenvalue weighted by atomic mass is 9.86. The van der Waals surface area contributed by atoms with Gasteiger partial charge in [0.05, 0.1) is 6.61 Å². The van der Waals surface area contributed by atoms with Gasteiger partial charge in [0.25, 0.3) is 0 Å². The number of unbranched alkanes of at least 4 members (excludes halogenated alkanes) is 3. The zero-order chi connectivity index (χ0) is 13.6. The molecule has 0 amide bonds. The largest absolute Gasteiger partial charge is 0.493 e. The highest BCUT2D eigenvalue weighted by Crippen LogP contribution is 2.32. The van der Waals surface area contributed by atoms with Gasteiger partial charge in [-0.1, -0.05) is 53.0 Å². The van der Waals surface area contributed by atoms with Gasteiger partial charge in [0, 0.05) is 11.8 Å². The van der Waals surface area contributed by atoms with Gasteiger partial charge >= 0.3 is 0 Å². The molecule has 0 radical (unpaired) electrons. The molecular formula is C16H27NO. The van der Waals surface area contributed by atoms with Crippen LogP contribution in [0.4, 0.5) is 5.69 Å². The van der Waals surface area contributed by atoms with Crippen LogP contribution in [0.3, 0.4) is 0 Å². The van der Waals surface area contributed by atoms with Crippen LogP contribution in [0, 0.1) is 0 Å². The van der Waals surface area contributed by atoms with E-state index in [-0.39, 0.29) is 5.41 Å². The zero-order valence-electron chi connectivity index (χ0n) is 12.3. The number of ether oxygens (including phenoxy) is 1. The summed E-state index contributed by atoms with van der Waals surface area (Å²) < 4.78 is 5.91. The third-order valence-electron chi connectivity index (χ3n) is 3.07. The molecule has 0 aliphatic heterocycles. The first-order valence-corrected chi connectivity index (χ1v) is 6.98. The molecule has 0 fully saturated rings. The van der Waals surface area contributed by atoms with Crippen LogP contribution in [0.1, 0.15) is 58.9 Å². The molecule has 2 nitrogen and oxygen atoms in total. The fourth-order valence-electron chi connectivity index (χ4n) is 1.99. The van der Waals surface area contributed by atoms with E-state index in [4.69, 9.17) is 10.5 Å². The molecule has 0 aliphatic carbocycles. The summed E-state index contributed by atoms with van der Waals surface area (Å²) in [6.07, 6.45) is 4.90. The minimum Gasteiger partial charge on any atom is -0.493 e. The molecule has 0 heterocycles. The van der Waals surface area contributed by atoms with Crippen LogP contribution in [-0.4, -0.2) is 6.61 Å². The first-order valence-electron chi connectivity index (χ1n) is 6.98. The first kappa shape index (κ1) is 14.9. The Balaban J connectivity index is 2.65. The third kappa shape index (κ3) is 4.59. The summed E-state index contributed by atoms with van der Waals surface area (Å²) in [4.78, 5) is 0. The van der Waals surface area contributed by atoms with Gasteiger partial charge in [0.1, 0.15) is 5.75 Å². The van der Waals surface area contributed by atoms with Crippen molar-refractivity contribution in [2.24, 2.45) is 0 Å². The lowest BCUT2D eigenvalue weighted by Gasteiger charge is -2.23. The number of nitrogen functional groups attached to an aromatic ring is 1. The highest BCUT2D eigenvalue weighted by molar-refractivity contribution is 5.50. The molecule has 1 aromatic rings. The van der Waals surface area contributed by atoms with E-state index < -0.39 is 0 Å². The first-order chi connectivity index (χ1) is 8.45. The van der Waals surface area contributed by atoms with Crippen LogP contribution < -0.4 is 10.5 Å². The fraction of sp³-hybridized carbons (Fsp3) is 0.625. The van der Waals surface area contributed by atoms with Crippen molar-refractivity contribution in [1.29, 1.82) is 0 Å². The smallest absolute Gasteiger partial charge is 0.125 e. The van der Waals surface area contributed by atoms with Crippen molar-refractivity contribution in [3.05, 3.63) is 23.8 Å². The summed E-state index contributed by atoms with van der Waals surface area (Å²) in [5, 5.41) is 0. The molecule has 18 heavy (non-hydrogen) atoms. The summed E-state index contributed by atoms with van der Waals surface area (Å²) in [5.74, 6) is 0.944. The maximum atomic E-state index is 5.91. The van der Waals surface area contributed by atoms with E-state index >= 15 is 0 Å². The van der Waals surface area contributed by atoms with Gasteiger partial charge in [0.2, 0.25) is 0 Å². The molecule has 0 aromatic heterocycles. The topological polar surface area (TPSA) is 35.2 Å². The Kier molecular flexibility index (Phi) is 5.52. The monoisotopic (exact) mass is 249 g/mol. The molecule has 0 bridgehead atoms. The molecule has 1 rings (SSSR count). The van der Waals surface area contributed by atoms with E-state index in [0.717, 1.165) is 24.5 Å². The van der Waals surface area contributed by atoms with Crippen molar-refractivity contribution < 1.29 is 4.74 Å². The summed E-state index contributed by atoms with van der Waals surface area (Å²) >= 11 is 0. The molecule has 0 unspecified atom stereocenters. The zero-order valence-corrected chi connectivity index (χ0v) is 12.3. The molecule has 102 valence electrons. The van der Waals surface area contributed by atoms with Gasteiger partial charge in [-0.3, -0.25) is 0 Å². The maximum absolute atomic E-state index is 5.91. The summed E-state index contributed by atoms with van der Waals surface area (Å²) in [5.41, 5.74) is 7.93. The maximum Gasteiger partial charge on any atom is 0.125 e. The fourth-order valence-corrected chi connectivity index (χ4v) is 1.99. The number of hydrogen-bond acceptors (Lipinski definition) is 2. The quantitative estimate of drug-likeness (QED) is 0.594. The van der Waals surface area contributed by atoms with Gasteiger partial charge in [-0.15, -0.1) is 0 Å². The molecule has 2 heteroatoms. The minimum absolute atomic E-state index is 0.0897. The molecule has 0 spiro atoms. The number of rotatable bonds is 6. The van der Waals surface area contributed by atoms with E-state index in [9.17, 15) is 0 Å². The van der Waals surface area contributed by atoms with Crippen molar-refractivity contribution in [2.45, 2.75) is 58.8 Å². The summed E-state index contributed by atoms with van der Waals surface area (Å²) in [7, 11) is 0. The Morgan fingerprint density at radius 1 is 1.11 bits per heavy atom. The number of benzene rings is 1. The van der Waals surface area contributed by atoms with Crippen molar-refractivity contribution in [3.63, 3.8) is 0 Å². The second kappa shape index (κ2) is 6.67. The standard InChI is InChI=1S/C16H27NO/c1-5-6-7-8-11-18-15-12-13(17)9-10-14(15)16(2,3)4/h9-10,12H,5-8,11,17H2,1-4H3. The second-order valence-corrected chi connectivity index (χ2v) is 5.91. The number of anilines is 1. The molecule has 0 saturated carbocycles. The van der Waals surface area contributed by atoms with Crippen LogP contribution in [0.15, 0.2) is 18.2 Å². The Morgan fingerprint density at radius 2 is 1.83 bits per heavy atom. The third-order valence-corrected chi connectivity index (χ3v) is 3.07. The van der Waals surface area contributed by atoms with Crippen molar-refractivity contribution >= 4 is 5.69 Å². The Bertz CT molecular complexity index is 366. The van der Waals surface area contributed by atoms with Gasteiger partial charge < -0.3 is 10.5 Å². The molecule has 2 N–H and O–H groups in total. The molecular weight excluding hydrogens is 222 g/mol. The average Bonchev–Trinajstić information content (AvgIpc) is 2.27. The SMILES string of the molecule is CCCCCCOc1cc(N)ccc1C(C)(C)C. The predicted molar refractivity (Wildman–Crippen MR) is 79.2 cm³/mol. The van der Waals surface area contributed by atoms with Crippen LogP contribution in [0.25, 0.3) is 0 Å². The highest BCUT2D eigenvalue weighted by atomic mass is 16.5. The Morgan fingerprint density at radius 3 is 2.44 bits per heavy atom. The van der Waals surface area contributed by atoms with Crippen LogP contribution in [0.2, 0.25) is 0 Å². The van der Waals surface area contributed by atoms with Gasteiger partial charge in [-0.25, -0.2) is 0 Å². The lowest BCUT2D eigenvalue weighted by Crippen LogP contribution is -2.14. The predicted octanol–water partition coefficient (Wildman–Crippen LogP) is 4.53. The van der Waals surface area contributed by atoms with Crippen molar-refractivity contribution in [1.82, 2.24) is 0 Å². The van der Waals surface area contributed by atoms with Crippen LogP contribution in [-0.2, 0) is 5.41 Å². The number of hydrogen-bond donors (Lipinski definition) is 1.